The van der Waals surface area contributed by atoms with E-state index in [1.807, 2.05) is 24.3 Å². The normalized spacial score (nSPS) is 10.8. The minimum atomic E-state index is -0.551. The second-order valence-corrected chi connectivity index (χ2v) is 5.55. The molecule has 106 valence electrons. The van der Waals surface area contributed by atoms with Crippen molar-refractivity contribution < 1.29 is 8.78 Å². The third kappa shape index (κ3) is 4.05. The smallest absolute Gasteiger partial charge is 0.140 e. The SMILES string of the molecule is CCCNCc1ccccc1Sc1ccc(F)cc1F. The highest BCUT2D eigenvalue weighted by molar-refractivity contribution is 7.99. The molecular weight excluding hydrogens is 276 g/mol. The molecule has 0 aliphatic rings. The summed E-state index contributed by atoms with van der Waals surface area (Å²) in [5.74, 6) is -1.07. The van der Waals surface area contributed by atoms with Crippen LogP contribution in [0.3, 0.4) is 0 Å². The molecular formula is C16H17F2NS. The van der Waals surface area contributed by atoms with Crippen LogP contribution in [0.15, 0.2) is 52.3 Å². The van der Waals surface area contributed by atoms with Gasteiger partial charge in [-0.25, -0.2) is 8.78 Å². The van der Waals surface area contributed by atoms with E-state index in [9.17, 15) is 8.78 Å². The Bertz CT molecular complexity index is 572. The second kappa shape index (κ2) is 7.41. The summed E-state index contributed by atoms with van der Waals surface area (Å²) in [6, 6.07) is 11.5. The van der Waals surface area contributed by atoms with Crippen LogP contribution in [0.4, 0.5) is 8.78 Å². The predicted octanol–water partition coefficient (Wildman–Crippen LogP) is 4.62. The molecule has 0 amide bonds. The molecule has 1 N–H and O–H groups in total. The molecule has 2 aromatic rings. The number of hydrogen-bond acceptors (Lipinski definition) is 2. The molecule has 1 nitrogen and oxygen atoms in total. The van der Waals surface area contributed by atoms with Gasteiger partial charge in [0, 0.05) is 22.4 Å². The fourth-order valence-corrected chi connectivity index (χ4v) is 2.77. The largest absolute Gasteiger partial charge is 0.313 e. The molecule has 4 heteroatoms. The van der Waals surface area contributed by atoms with Gasteiger partial charge in [0.2, 0.25) is 0 Å². The Morgan fingerprint density at radius 2 is 1.85 bits per heavy atom. The average Bonchev–Trinajstić information content (AvgIpc) is 2.44. The van der Waals surface area contributed by atoms with Crippen LogP contribution in [0, 0.1) is 11.6 Å². The molecule has 0 bridgehead atoms. The fraction of sp³-hybridized carbons (Fsp3) is 0.250. The molecule has 0 saturated heterocycles. The maximum atomic E-state index is 13.7. The zero-order chi connectivity index (χ0) is 14.4. The van der Waals surface area contributed by atoms with Crippen LogP contribution in [0.25, 0.3) is 0 Å². The molecule has 0 unspecified atom stereocenters. The monoisotopic (exact) mass is 293 g/mol. The summed E-state index contributed by atoms with van der Waals surface area (Å²) in [5.41, 5.74) is 1.12. The maximum absolute atomic E-state index is 13.7. The summed E-state index contributed by atoms with van der Waals surface area (Å²) in [6.45, 7) is 3.81. The first kappa shape index (κ1) is 15.0. The first-order valence-corrected chi connectivity index (χ1v) is 7.44. The van der Waals surface area contributed by atoms with Gasteiger partial charge in [-0.2, -0.15) is 0 Å². The van der Waals surface area contributed by atoms with Gasteiger partial charge in [-0.3, -0.25) is 0 Å². The minimum Gasteiger partial charge on any atom is -0.313 e. The van der Waals surface area contributed by atoms with E-state index in [1.54, 1.807) is 0 Å². The van der Waals surface area contributed by atoms with Crippen molar-refractivity contribution in [2.75, 3.05) is 6.54 Å². The van der Waals surface area contributed by atoms with Crippen molar-refractivity contribution in [1.29, 1.82) is 0 Å². The van der Waals surface area contributed by atoms with E-state index in [4.69, 9.17) is 0 Å². The Kier molecular flexibility index (Phi) is 5.56. The molecule has 0 aliphatic carbocycles. The minimum absolute atomic E-state index is 0.439. The number of nitrogens with one attached hydrogen (secondary N) is 1. The molecule has 0 aromatic heterocycles. The first-order valence-electron chi connectivity index (χ1n) is 6.62. The van der Waals surface area contributed by atoms with Gasteiger partial charge in [0.15, 0.2) is 0 Å². The van der Waals surface area contributed by atoms with E-state index in [2.05, 4.69) is 12.2 Å². The van der Waals surface area contributed by atoms with E-state index in [1.165, 1.54) is 23.9 Å². The molecule has 0 saturated carbocycles. The Morgan fingerprint density at radius 1 is 1.05 bits per heavy atom. The lowest BCUT2D eigenvalue weighted by Gasteiger charge is -2.10. The second-order valence-electron chi connectivity index (χ2n) is 4.46. The van der Waals surface area contributed by atoms with Gasteiger partial charge in [-0.1, -0.05) is 36.9 Å². The van der Waals surface area contributed by atoms with Crippen LogP contribution < -0.4 is 5.32 Å². The number of halogens is 2. The zero-order valence-electron chi connectivity index (χ0n) is 11.3. The summed E-state index contributed by atoms with van der Waals surface area (Å²) in [7, 11) is 0. The lowest BCUT2D eigenvalue weighted by Crippen LogP contribution is -2.14. The quantitative estimate of drug-likeness (QED) is 0.780. The lowest BCUT2D eigenvalue weighted by molar-refractivity contribution is 0.565. The highest BCUT2D eigenvalue weighted by atomic mass is 32.2. The fourth-order valence-electron chi connectivity index (χ4n) is 1.83. The van der Waals surface area contributed by atoms with E-state index in [0.717, 1.165) is 36.0 Å². The van der Waals surface area contributed by atoms with E-state index >= 15 is 0 Å². The molecule has 0 heterocycles. The maximum Gasteiger partial charge on any atom is 0.140 e. The standard InChI is InChI=1S/C16H17F2NS/c1-2-9-19-11-12-5-3-4-6-15(12)20-16-8-7-13(17)10-14(16)18/h3-8,10,19H,2,9,11H2,1H3. The number of benzene rings is 2. The Labute approximate surface area is 122 Å². The molecule has 0 atom stereocenters. The zero-order valence-corrected chi connectivity index (χ0v) is 12.1. The summed E-state index contributed by atoms with van der Waals surface area (Å²) in [6.07, 6.45) is 1.07. The third-order valence-electron chi connectivity index (χ3n) is 2.83. The Morgan fingerprint density at radius 3 is 2.60 bits per heavy atom. The summed E-state index contributed by atoms with van der Waals surface area (Å²) >= 11 is 1.33. The van der Waals surface area contributed by atoms with Crippen LogP contribution in [-0.2, 0) is 6.54 Å². The van der Waals surface area contributed by atoms with Gasteiger partial charge in [0.1, 0.15) is 11.6 Å². The Hall–Kier alpha value is -1.39. The van der Waals surface area contributed by atoms with Crippen molar-refractivity contribution in [1.82, 2.24) is 5.32 Å². The van der Waals surface area contributed by atoms with Crippen LogP contribution in [0.5, 0.6) is 0 Å². The Balaban J connectivity index is 2.16. The average molecular weight is 293 g/mol. The van der Waals surface area contributed by atoms with Crippen molar-refractivity contribution in [3.05, 3.63) is 59.7 Å². The van der Waals surface area contributed by atoms with Crippen LogP contribution in [-0.4, -0.2) is 6.54 Å². The van der Waals surface area contributed by atoms with Crippen molar-refractivity contribution in [2.45, 2.75) is 29.7 Å². The third-order valence-corrected chi connectivity index (χ3v) is 4.00. The molecule has 0 fully saturated rings. The van der Waals surface area contributed by atoms with Gasteiger partial charge < -0.3 is 5.32 Å². The molecule has 20 heavy (non-hydrogen) atoms. The molecule has 0 spiro atoms. The topological polar surface area (TPSA) is 12.0 Å². The summed E-state index contributed by atoms with van der Waals surface area (Å²) in [5, 5.41) is 3.33. The van der Waals surface area contributed by atoms with Crippen molar-refractivity contribution >= 4 is 11.8 Å². The predicted molar refractivity (Wildman–Crippen MR) is 78.9 cm³/mol. The van der Waals surface area contributed by atoms with Crippen LogP contribution in [0.1, 0.15) is 18.9 Å². The van der Waals surface area contributed by atoms with Gasteiger partial charge >= 0.3 is 0 Å². The van der Waals surface area contributed by atoms with Crippen molar-refractivity contribution in [3.63, 3.8) is 0 Å². The van der Waals surface area contributed by atoms with Crippen molar-refractivity contribution in [2.24, 2.45) is 0 Å². The van der Waals surface area contributed by atoms with Crippen molar-refractivity contribution in [3.8, 4) is 0 Å². The van der Waals surface area contributed by atoms with Gasteiger partial charge in [-0.15, -0.1) is 0 Å². The summed E-state index contributed by atoms with van der Waals surface area (Å²) in [4.78, 5) is 1.43. The van der Waals surface area contributed by atoms with Gasteiger partial charge in [-0.05, 0) is 36.7 Å². The first-order chi connectivity index (χ1) is 9.70. The highest BCUT2D eigenvalue weighted by Gasteiger charge is 2.08. The number of hydrogen-bond donors (Lipinski definition) is 1. The van der Waals surface area contributed by atoms with E-state index in [0.29, 0.717) is 4.90 Å². The van der Waals surface area contributed by atoms with Crippen LogP contribution >= 0.6 is 11.8 Å². The van der Waals surface area contributed by atoms with E-state index < -0.39 is 11.6 Å². The molecule has 2 rings (SSSR count). The molecule has 0 aliphatic heterocycles. The molecule has 2 aromatic carbocycles. The lowest BCUT2D eigenvalue weighted by atomic mass is 10.2. The van der Waals surface area contributed by atoms with Crippen LogP contribution in [0.2, 0.25) is 0 Å². The van der Waals surface area contributed by atoms with Gasteiger partial charge in [0.05, 0.1) is 0 Å². The summed E-state index contributed by atoms with van der Waals surface area (Å²) < 4.78 is 26.6. The number of rotatable bonds is 6. The van der Waals surface area contributed by atoms with Gasteiger partial charge in [0.25, 0.3) is 0 Å². The van der Waals surface area contributed by atoms with E-state index in [-0.39, 0.29) is 0 Å². The highest BCUT2D eigenvalue weighted by Crippen LogP contribution is 2.32. The molecule has 0 radical (unpaired) electrons.